The molecule has 220 valence electrons. The highest BCUT2D eigenvalue weighted by molar-refractivity contribution is 6.35. The number of ether oxygens (including phenoxy) is 2. The third-order valence-electron chi connectivity index (χ3n) is 3.78. The van der Waals surface area contributed by atoms with Crippen LogP contribution in [0.3, 0.4) is 0 Å². The molecule has 4 rings (SSSR count). The maximum Gasteiger partial charge on any atom is 0.573 e. The van der Waals surface area contributed by atoms with Gasteiger partial charge in [0.25, 0.3) is 0 Å². The Morgan fingerprint density at radius 3 is 1.37 bits per heavy atom. The molecule has 4 aromatic rings. The van der Waals surface area contributed by atoms with E-state index in [0.717, 1.165) is 12.1 Å². The number of halogens is 11. The molecule has 0 aliphatic rings. The van der Waals surface area contributed by atoms with Crippen LogP contribution in [0.25, 0.3) is 0 Å². The molecule has 0 spiro atoms. The van der Waals surface area contributed by atoms with E-state index in [2.05, 4.69) is 34.7 Å². The Bertz CT molecular complexity index is 1340. The first-order chi connectivity index (χ1) is 19.0. The third-order valence-corrected chi connectivity index (χ3v) is 4.70. The van der Waals surface area contributed by atoms with Crippen molar-refractivity contribution in [1.29, 1.82) is 0 Å². The standard InChI is InChI=1S/C11H6Cl2F3N3O.C7H6F3NO.C4HCl3N2/c12-8-5-9(19-10(13)18-8)17-6-1-3-7(4-2-6)20-11(14,15)16;8-7(9,10)12-6-3-1-5(11)2-4-6;5-2-1-3(6)9-4(7)8-2/h1-5H,(H,17,18,19);1-4H,11H2;1H. The number of hydrogen-bond acceptors (Lipinski definition) is 8. The van der Waals surface area contributed by atoms with Gasteiger partial charge in [-0.15, -0.1) is 26.3 Å². The monoisotopic (exact) mass is 682 g/mol. The first kappa shape index (κ1) is 34.0. The summed E-state index contributed by atoms with van der Waals surface area (Å²) in [5, 5.41) is 3.48. The van der Waals surface area contributed by atoms with E-state index < -0.39 is 12.7 Å². The van der Waals surface area contributed by atoms with Gasteiger partial charge in [0.2, 0.25) is 10.6 Å². The zero-order valence-electron chi connectivity index (χ0n) is 19.6. The Morgan fingerprint density at radius 1 is 0.585 bits per heavy atom. The predicted molar refractivity (Wildman–Crippen MR) is 143 cm³/mol. The number of alkyl halides is 6. The van der Waals surface area contributed by atoms with Crippen molar-refractivity contribution in [1.82, 2.24) is 19.9 Å². The molecule has 0 aliphatic carbocycles. The second-order valence-electron chi connectivity index (χ2n) is 6.94. The van der Waals surface area contributed by atoms with E-state index in [0.29, 0.717) is 17.2 Å². The van der Waals surface area contributed by atoms with Crippen LogP contribution in [0, 0.1) is 0 Å². The topological polar surface area (TPSA) is 108 Å². The lowest BCUT2D eigenvalue weighted by atomic mass is 10.3. The molecule has 0 atom stereocenters. The van der Waals surface area contributed by atoms with Gasteiger partial charge in [0.15, 0.2) is 0 Å². The summed E-state index contributed by atoms with van der Waals surface area (Å²) >= 11 is 27.5. The van der Waals surface area contributed by atoms with E-state index in [1.165, 1.54) is 48.5 Å². The number of nitrogens with two attached hydrogens (primary N) is 1. The third kappa shape index (κ3) is 14.9. The van der Waals surface area contributed by atoms with Gasteiger partial charge in [-0.3, -0.25) is 0 Å². The SMILES string of the molecule is Clc1cc(Cl)nc(Cl)n1.FC(F)(F)Oc1ccc(Nc2cc(Cl)nc(Cl)n2)cc1.Nc1ccc(OC(F)(F)F)cc1. The largest absolute Gasteiger partial charge is 0.573 e. The number of nitrogens with zero attached hydrogens (tertiary/aromatic N) is 4. The number of nitrogen functional groups attached to an aromatic ring is 1. The molecule has 41 heavy (non-hydrogen) atoms. The minimum Gasteiger partial charge on any atom is -0.406 e. The predicted octanol–water partition coefficient (Wildman–Crippen LogP) is 9.03. The van der Waals surface area contributed by atoms with Gasteiger partial charge >= 0.3 is 12.7 Å². The second-order valence-corrected chi connectivity index (χ2v) is 8.78. The molecule has 0 bridgehead atoms. The highest BCUT2D eigenvalue weighted by atomic mass is 35.5. The Hall–Kier alpha value is -3.17. The summed E-state index contributed by atoms with van der Waals surface area (Å²) in [4.78, 5) is 14.7. The van der Waals surface area contributed by atoms with Crippen LogP contribution in [-0.2, 0) is 0 Å². The smallest absolute Gasteiger partial charge is 0.406 e. The molecule has 2 heterocycles. The molecule has 0 fully saturated rings. The van der Waals surface area contributed by atoms with Crippen molar-refractivity contribution in [2.45, 2.75) is 12.7 Å². The average Bonchev–Trinajstić information content (AvgIpc) is 2.79. The average molecular weight is 685 g/mol. The summed E-state index contributed by atoms with van der Waals surface area (Å²) in [5.74, 6) is -0.266. The molecule has 0 aliphatic heterocycles. The van der Waals surface area contributed by atoms with Crippen molar-refractivity contribution in [3.63, 3.8) is 0 Å². The lowest BCUT2D eigenvalue weighted by Gasteiger charge is -2.10. The van der Waals surface area contributed by atoms with E-state index in [1.54, 1.807) is 0 Å². The molecule has 0 unspecified atom stereocenters. The van der Waals surface area contributed by atoms with Crippen LogP contribution in [-0.4, -0.2) is 32.7 Å². The van der Waals surface area contributed by atoms with Gasteiger partial charge in [0, 0.05) is 23.5 Å². The van der Waals surface area contributed by atoms with E-state index in [-0.39, 0.29) is 37.5 Å². The molecule has 0 amide bonds. The molecule has 0 saturated carbocycles. The number of nitrogens with one attached hydrogen (secondary N) is 1. The molecule has 19 heteroatoms. The zero-order valence-corrected chi connectivity index (χ0v) is 23.4. The van der Waals surface area contributed by atoms with Crippen LogP contribution < -0.4 is 20.5 Å². The number of hydrogen-bond donors (Lipinski definition) is 2. The fourth-order valence-electron chi connectivity index (χ4n) is 2.38. The first-order valence-electron chi connectivity index (χ1n) is 10.3. The van der Waals surface area contributed by atoms with E-state index in [9.17, 15) is 26.3 Å². The zero-order chi connectivity index (χ0) is 30.8. The van der Waals surface area contributed by atoms with Crippen molar-refractivity contribution in [2.75, 3.05) is 11.1 Å². The normalized spacial score (nSPS) is 10.9. The van der Waals surface area contributed by atoms with Crippen LogP contribution >= 0.6 is 58.0 Å². The van der Waals surface area contributed by atoms with Crippen molar-refractivity contribution in [3.05, 3.63) is 86.7 Å². The minimum atomic E-state index is -4.72. The molecular weight excluding hydrogens is 672 g/mol. The molecule has 2 aromatic heterocycles. The van der Waals surface area contributed by atoms with Crippen molar-refractivity contribution in [2.24, 2.45) is 0 Å². The second kappa shape index (κ2) is 15.2. The number of aromatic nitrogens is 4. The highest BCUT2D eigenvalue weighted by Crippen LogP contribution is 2.26. The van der Waals surface area contributed by atoms with Gasteiger partial charge < -0.3 is 20.5 Å². The maximum absolute atomic E-state index is 12.0. The van der Waals surface area contributed by atoms with Crippen LogP contribution in [0.5, 0.6) is 11.5 Å². The Balaban J connectivity index is 0.000000237. The fraction of sp³-hybridized carbons (Fsp3) is 0.0909. The van der Waals surface area contributed by atoms with Crippen molar-refractivity contribution < 1.29 is 35.8 Å². The highest BCUT2D eigenvalue weighted by Gasteiger charge is 2.31. The molecule has 0 radical (unpaired) electrons. The Labute approximate surface area is 252 Å². The lowest BCUT2D eigenvalue weighted by molar-refractivity contribution is -0.275. The summed E-state index contributed by atoms with van der Waals surface area (Å²) in [6.45, 7) is 0. The van der Waals surface area contributed by atoms with Gasteiger partial charge in [-0.1, -0.05) is 34.8 Å². The molecule has 2 aromatic carbocycles. The molecular formula is C22H13Cl5F6N6O2. The Kier molecular flexibility index (Phi) is 12.6. The summed E-state index contributed by atoms with van der Waals surface area (Å²) in [5.41, 5.74) is 6.14. The Morgan fingerprint density at radius 2 is 0.976 bits per heavy atom. The van der Waals surface area contributed by atoms with E-state index in [1.807, 2.05) is 0 Å². The van der Waals surface area contributed by atoms with Gasteiger partial charge in [-0.05, 0) is 71.7 Å². The molecule has 0 saturated heterocycles. The van der Waals surface area contributed by atoms with Gasteiger partial charge in [0.1, 0.15) is 32.8 Å². The summed E-state index contributed by atoms with van der Waals surface area (Å²) in [7, 11) is 0. The minimum absolute atomic E-state index is 0.0444. The van der Waals surface area contributed by atoms with Crippen molar-refractivity contribution in [3.8, 4) is 11.5 Å². The van der Waals surface area contributed by atoms with Gasteiger partial charge in [-0.2, -0.15) is 0 Å². The maximum atomic E-state index is 12.0. The summed E-state index contributed by atoms with van der Waals surface area (Å²) in [6.07, 6.45) is -9.36. The van der Waals surface area contributed by atoms with Crippen LogP contribution in [0.1, 0.15) is 0 Å². The number of benzene rings is 2. The summed E-state index contributed by atoms with van der Waals surface area (Å²) < 4.78 is 78.1. The quantitative estimate of drug-likeness (QED) is 0.0949. The molecule has 8 nitrogen and oxygen atoms in total. The van der Waals surface area contributed by atoms with E-state index >= 15 is 0 Å². The number of anilines is 3. The lowest BCUT2D eigenvalue weighted by Crippen LogP contribution is -2.17. The first-order valence-corrected chi connectivity index (χ1v) is 12.2. The van der Waals surface area contributed by atoms with Gasteiger partial charge in [0.05, 0.1) is 0 Å². The summed E-state index contributed by atoms with van der Waals surface area (Å²) in [6, 6.07) is 12.9. The number of rotatable bonds is 4. The van der Waals surface area contributed by atoms with E-state index in [4.69, 9.17) is 63.7 Å². The van der Waals surface area contributed by atoms with Crippen LogP contribution in [0.2, 0.25) is 26.0 Å². The fourth-order valence-corrected chi connectivity index (χ4v) is 3.48. The molecule has 3 N–H and O–H groups in total. The van der Waals surface area contributed by atoms with Gasteiger partial charge in [-0.25, -0.2) is 19.9 Å². The van der Waals surface area contributed by atoms with Crippen molar-refractivity contribution >= 4 is 75.2 Å². The van der Waals surface area contributed by atoms with Crippen LogP contribution in [0.4, 0.5) is 43.5 Å². The van der Waals surface area contributed by atoms with Crippen LogP contribution in [0.15, 0.2) is 60.7 Å².